The van der Waals surface area contributed by atoms with Crippen LogP contribution in [0.3, 0.4) is 0 Å². The number of aryl methyl sites for hydroxylation is 1. The smallest absolute Gasteiger partial charge is 0.251 e. The third kappa shape index (κ3) is 6.16. The van der Waals surface area contributed by atoms with Crippen LogP contribution in [0.4, 0.5) is 0 Å². The SMILES string of the molecule is Cc1cc(C(=O)NC(C)(C)C)ccc1OC(c1ccc(Cl)cc1)c1ccc(Cl)cc1Cl. The zero-order valence-corrected chi connectivity index (χ0v) is 20.1. The van der Waals surface area contributed by atoms with E-state index in [0.717, 1.165) is 16.7 Å². The van der Waals surface area contributed by atoms with Crippen LogP contribution in [0.15, 0.2) is 60.7 Å². The number of halogens is 3. The van der Waals surface area contributed by atoms with E-state index in [0.29, 0.717) is 26.4 Å². The molecule has 0 aliphatic heterocycles. The van der Waals surface area contributed by atoms with E-state index in [9.17, 15) is 4.79 Å². The average Bonchev–Trinajstić information content (AvgIpc) is 2.67. The molecule has 0 aliphatic carbocycles. The van der Waals surface area contributed by atoms with Crippen molar-refractivity contribution in [2.75, 3.05) is 0 Å². The zero-order chi connectivity index (χ0) is 22.8. The minimum atomic E-state index is -0.477. The first-order chi connectivity index (χ1) is 14.5. The van der Waals surface area contributed by atoms with E-state index in [1.165, 1.54) is 0 Å². The van der Waals surface area contributed by atoms with E-state index in [1.807, 2.05) is 64.1 Å². The molecule has 0 aromatic heterocycles. The lowest BCUT2D eigenvalue weighted by Gasteiger charge is -2.23. The van der Waals surface area contributed by atoms with E-state index >= 15 is 0 Å². The lowest BCUT2D eigenvalue weighted by Crippen LogP contribution is -2.40. The van der Waals surface area contributed by atoms with E-state index < -0.39 is 6.10 Å². The number of hydrogen-bond acceptors (Lipinski definition) is 2. The van der Waals surface area contributed by atoms with Crippen molar-refractivity contribution < 1.29 is 9.53 Å². The number of ether oxygens (including phenoxy) is 1. The molecule has 3 aromatic rings. The minimum Gasteiger partial charge on any atom is -0.481 e. The molecule has 0 radical (unpaired) electrons. The highest BCUT2D eigenvalue weighted by molar-refractivity contribution is 6.35. The molecule has 1 N–H and O–H groups in total. The number of carbonyl (C=O) groups excluding carboxylic acids is 1. The molecule has 0 saturated heterocycles. The number of rotatable bonds is 5. The molecule has 0 fully saturated rings. The molecule has 162 valence electrons. The van der Waals surface area contributed by atoms with Crippen molar-refractivity contribution in [2.24, 2.45) is 0 Å². The van der Waals surface area contributed by atoms with Gasteiger partial charge in [0.2, 0.25) is 0 Å². The van der Waals surface area contributed by atoms with Crippen molar-refractivity contribution in [1.29, 1.82) is 0 Å². The van der Waals surface area contributed by atoms with E-state index in [4.69, 9.17) is 39.5 Å². The van der Waals surface area contributed by atoms with Crippen LogP contribution in [0.25, 0.3) is 0 Å². The molecular weight excluding hydrogens is 453 g/mol. The fraction of sp³-hybridized carbons (Fsp3) is 0.240. The van der Waals surface area contributed by atoms with Gasteiger partial charge in [0.1, 0.15) is 5.75 Å². The second kappa shape index (κ2) is 9.52. The Hall–Kier alpha value is -2.20. The Bertz CT molecular complexity index is 1090. The molecule has 3 aromatic carbocycles. The number of amides is 1. The van der Waals surface area contributed by atoms with Crippen LogP contribution in [0.5, 0.6) is 5.75 Å². The van der Waals surface area contributed by atoms with Gasteiger partial charge in [0.05, 0.1) is 0 Å². The maximum atomic E-state index is 12.5. The van der Waals surface area contributed by atoms with Crippen LogP contribution < -0.4 is 10.1 Å². The summed E-state index contributed by atoms with van der Waals surface area (Å²) in [5.74, 6) is 0.524. The monoisotopic (exact) mass is 475 g/mol. The molecule has 0 spiro atoms. The maximum absolute atomic E-state index is 12.5. The summed E-state index contributed by atoms with van der Waals surface area (Å²) in [6, 6.07) is 18.1. The number of nitrogens with one attached hydrogen (secondary N) is 1. The Morgan fingerprint density at radius 1 is 0.903 bits per heavy atom. The predicted molar refractivity (Wildman–Crippen MR) is 129 cm³/mol. The summed E-state index contributed by atoms with van der Waals surface area (Å²) in [5.41, 5.74) is 2.77. The summed E-state index contributed by atoms with van der Waals surface area (Å²) in [4.78, 5) is 12.5. The molecule has 1 unspecified atom stereocenters. The first-order valence-corrected chi connectivity index (χ1v) is 11.0. The van der Waals surface area contributed by atoms with Crippen LogP contribution in [0.2, 0.25) is 15.1 Å². The summed E-state index contributed by atoms with van der Waals surface area (Å²) >= 11 is 18.7. The standard InChI is InChI=1S/C25H24Cl3NO2/c1-15-13-17(24(30)29-25(2,3)4)7-12-22(15)31-23(16-5-8-18(26)9-6-16)20-11-10-19(27)14-21(20)28/h5-14,23H,1-4H3,(H,29,30). The Morgan fingerprint density at radius 2 is 1.55 bits per heavy atom. The van der Waals surface area contributed by atoms with Crippen LogP contribution in [0, 0.1) is 6.92 Å². The fourth-order valence-electron chi connectivity index (χ4n) is 3.13. The topological polar surface area (TPSA) is 38.3 Å². The summed E-state index contributed by atoms with van der Waals surface area (Å²) in [6.07, 6.45) is -0.477. The number of carbonyl (C=O) groups is 1. The Balaban J connectivity index is 1.96. The summed E-state index contributed by atoms with van der Waals surface area (Å²) in [5, 5.41) is 4.66. The van der Waals surface area contributed by atoms with Crippen molar-refractivity contribution in [3.05, 3.63) is 98.0 Å². The van der Waals surface area contributed by atoms with Gasteiger partial charge in [-0.25, -0.2) is 0 Å². The maximum Gasteiger partial charge on any atom is 0.251 e. The minimum absolute atomic E-state index is 0.128. The molecular formula is C25H24Cl3NO2. The highest BCUT2D eigenvalue weighted by Gasteiger charge is 2.21. The van der Waals surface area contributed by atoms with Gasteiger partial charge in [-0.1, -0.05) is 53.0 Å². The molecule has 31 heavy (non-hydrogen) atoms. The Kier molecular flexibility index (Phi) is 7.20. The van der Waals surface area contributed by atoms with Gasteiger partial charge in [0.15, 0.2) is 6.10 Å². The molecule has 0 bridgehead atoms. The van der Waals surface area contributed by atoms with E-state index in [2.05, 4.69) is 5.32 Å². The zero-order valence-electron chi connectivity index (χ0n) is 17.8. The van der Waals surface area contributed by atoms with Crippen molar-refractivity contribution in [1.82, 2.24) is 5.32 Å². The first kappa shape index (κ1) is 23.5. The van der Waals surface area contributed by atoms with Gasteiger partial charge in [0, 0.05) is 31.7 Å². The van der Waals surface area contributed by atoms with E-state index in [1.54, 1.807) is 24.3 Å². The van der Waals surface area contributed by atoms with Crippen molar-refractivity contribution in [3.8, 4) is 5.75 Å². The van der Waals surface area contributed by atoms with Gasteiger partial charge >= 0.3 is 0 Å². The van der Waals surface area contributed by atoms with Gasteiger partial charge in [-0.05, 0) is 81.3 Å². The van der Waals surface area contributed by atoms with Gasteiger partial charge in [-0.3, -0.25) is 4.79 Å². The van der Waals surface area contributed by atoms with Gasteiger partial charge in [-0.2, -0.15) is 0 Å². The van der Waals surface area contributed by atoms with Gasteiger partial charge in [0.25, 0.3) is 5.91 Å². The second-order valence-corrected chi connectivity index (χ2v) is 9.68. The fourth-order valence-corrected chi connectivity index (χ4v) is 3.76. The second-order valence-electron chi connectivity index (χ2n) is 8.40. The molecule has 1 atom stereocenters. The lowest BCUT2D eigenvalue weighted by molar-refractivity contribution is 0.0919. The van der Waals surface area contributed by atoms with Crippen molar-refractivity contribution >= 4 is 40.7 Å². The van der Waals surface area contributed by atoms with Crippen LogP contribution in [-0.4, -0.2) is 11.4 Å². The van der Waals surface area contributed by atoms with Crippen LogP contribution in [0.1, 0.15) is 53.9 Å². The molecule has 0 heterocycles. The van der Waals surface area contributed by atoms with Crippen LogP contribution in [-0.2, 0) is 0 Å². The Morgan fingerprint density at radius 3 is 2.13 bits per heavy atom. The average molecular weight is 477 g/mol. The number of hydrogen-bond donors (Lipinski definition) is 1. The van der Waals surface area contributed by atoms with Gasteiger partial charge < -0.3 is 10.1 Å². The largest absolute Gasteiger partial charge is 0.481 e. The molecule has 0 saturated carbocycles. The first-order valence-electron chi connectivity index (χ1n) is 9.84. The van der Waals surface area contributed by atoms with Crippen molar-refractivity contribution in [3.63, 3.8) is 0 Å². The molecule has 3 nitrogen and oxygen atoms in total. The van der Waals surface area contributed by atoms with Crippen molar-refractivity contribution in [2.45, 2.75) is 39.3 Å². The Labute approximate surface area is 198 Å². The number of benzene rings is 3. The third-order valence-corrected chi connectivity index (χ3v) is 5.40. The quantitative estimate of drug-likeness (QED) is 0.410. The summed E-state index contributed by atoms with van der Waals surface area (Å²) in [7, 11) is 0. The highest BCUT2D eigenvalue weighted by Crippen LogP contribution is 2.36. The van der Waals surface area contributed by atoms with Gasteiger partial charge in [-0.15, -0.1) is 0 Å². The van der Waals surface area contributed by atoms with Crippen LogP contribution >= 0.6 is 34.8 Å². The van der Waals surface area contributed by atoms with E-state index in [-0.39, 0.29) is 11.4 Å². The third-order valence-electron chi connectivity index (χ3n) is 4.59. The molecule has 0 aliphatic rings. The molecule has 1 amide bonds. The molecule has 6 heteroatoms. The summed E-state index contributed by atoms with van der Waals surface area (Å²) in [6.45, 7) is 7.75. The summed E-state index contributed by atoms with van der Waals surface area (Å²) < 4.78 is 6.41. The highest BCUT2D eigenvalue weighted by atomic mass is 35.5. The normalized spacial score (nSPS) is 12.4. The molecule has 3 rings (SSSR count). The predicted octanol–water partition coefficient (Wildman–Crippen LogP) is 7.65. The lowest BCUT2D eigenvalue weighted by atomic mass is 10.0.